The van der Waals surface area contributed by atoms with E-state index >= 15 is 0 Å². The van der Waals surface area contributed by atoms with Gasteiger partial charge < -0.3 is 15.7 Å². The number of nitro groups is 1. The van der Waals surface area contributed by atoms with Gasteiger partial charge in [0.15, 0.2) is 0 Å². The molecule has 0 bridgehead atoms. The van der Waals surface area contributed by atoms with Gasteiger partial charge in [-0.2, -0.15) is 0 Å². The van der Waals surface area contributed by atoms with E-state index in [1.165, 1.54) is 18.2 Å². The number of hydrogen-bond acceptors (Lipinski definition) is 6. The number of carboxylic acids is 1. The van der Waals surface area contributed by atoms with E-state index < -0.39 is 16.6 Å². The average Bonchev–Trinajstić information content (AvgIpc) is 2.48. The van der Waals surface area contributed by atoms with Gasteiger partial charge in [-0.15, -0.1) is 0 Å². The van der Waals surface area contributed by atoms with Crippen molar-refractivity contribution >= 4 is 17.3 Å². The van der Waals surface area contributed by atoms with Crippen LogP contribution in [0.3, 0.4) is 0 Å². The molecule has 1 saturated heterocycles. The molecule has 1 heterocycles. The van der Waals surface area contributed by atoms with Crippen LogP contribution in [-0.2, 0) is 0 Å². The number of carbonyl (C=O) groups is 1. The summed E-state index contributed by atoms with van der Waals surface area (Å²) in [6, 6.07) is 4.05. The Morgan fingerprint density at radius 2 is 2.14 bits per heavy atom. The molecule has 8 nitrogen and oxygen atoms in total. The number of anilines is 1. The first-order chi connectivity index (χ1) is 10.1. The summed E-state index contributed by atoms with van der Waals surface area (Å²) < 4.78 is 0. The topological polar surface area (TPSA) is 108 Å². The molecule has 1 fully saturated rings. The predicted octanol–water partition coefficient (Wildman–Crippen LogP) is 0.610. The lowest BCUT2D eigenvalue weighted by atomic mass is 10.1. The first kappa shape index (κ1) is 15.2. The molecule has 0 aliphatic carbocycles. The van der Waals surface area contributed by atoms with E-state index in [9.17, 15) is 14.9 Å². The number of nitro benzene ring substituents is 1. The summed E-state index contributed by atoms with van der Waals surface area (Å²) in [6.07, 6.45) is 0. The highest BCUT2D eigenvalue weighted by atomic mass is 16.6. The van der Waals surface area contributed by atoms with Crippen LogP contribution >= 0.6 is 0 Å². The maximum Gasteiger partial charge on any atom is 0.342 e. The molecule has 1 aromatic rings. The lowest BCUT2D eigenvalue weighted by molar-refractivity contribution is -0.385. The van der Waals surface area contributed by atoms with Crippen LogP contribution in [-0.4, -0.2) is 60.2 Å². The Balaban J connectivity index is 1.95. The van der Waals surface area contributed by atoms with Crippen molar-refractivity contribution in [2.75, 3.05) is 44.6 Å². The molecule has 0 amide bonds. The number of benzene rings is 1. The molecule has 8 heteroatoms. The molecule has 1 aliphatic rings. The van der Waals surface area contributed by atoms with Crippen molar-refractivity contribution in [2.24, 2.45) is 0 Å². The van der Waals surface area contributed by atoms with Crippen LogP contribution in [0.2, 0.25) is 0 Å². The van der Waals surface area contributed by atoms with Gasteiger partial charge >= 0.3 is 5.97 Å². The molecular weight excluding hydrogens is 276 g/mol. The average molecular weight is 294 g/mol. The fraction of sp³-hybridized carbons (Fsp3) is 0.462. The van der Waals surface area contributed by atoms with Crippen molar-refractivity contribution in [3.05, 3.63) is 33.9 Å². The molecule has 1 aliphatic heterocycles. The fourth-order valence-corrected chi connectivity index (χ4v) is 2.27. The Kier molecular flexibility index (Phi) is 5.07. The lowest BCUT2D eigenvalue weighted by Gasteiger charge is -2.27. The minimum Gasteiger partial charge on any atom is -0.477 e. The summed E-state index contributed by atoms with van der Waals surface area (Å²) in [5, 5.41) is 26.2. The number of piperazine rings is 1. The van der Waals surface area contributed by atoms with Crippen LogP contribution < -0.4 is 10.6 Å². The third-order valence-electron chi connectivity index (χ3n) is 3.39. The van der Waals surface area contributed by atoms with Gasteiger partial charge in [0.05, 0.1) is 4.92 Å². The second-order valence-corrected chi connectivity index (χ2v) is 4.81. The zero-order valence-corrected chi connectivity index (χ0v) is 11.5. The van der Waals surface area contributed by atoms with Crippen molar-refractivity contribution in [3.63, 3.8) is 0 Å². The Labute approximate surface area is 121 Å². The van der Waals surface area contributed by atoms with Crippen LogP contribution in [0.4, 0.5) is 11.4 Å². The largest absolute Gasteiger partial charge is 0.477 e. The summed E-state index contributed by atoms with van der Waals surface area (Å²) in [7, 11) is 0. The highest BCUT2D eigenvalue weighted by Crippen LogP contribution is 2.22. The predicted molar refractivity (Wildman–Crippen MR) is 77.9 cm³/mol. The Morgan fingerprint density at radius 1 is 1.43 bits per heavy atom. The number of rotatable bonds is 6. The minimum atomic E-state index is -1.30. The van der Waals surface area contributed by atoms with Crippen LogP contribution in [0.1, 0.15) is 10.4 Å². The number of nitrogens with one attached hydrogen (secondary N) is 2. The van der Waals surface area contributed by atoms with E-state index in [0.29, 0.717) is 12.2 Å². The van der Waals surface area contributed by atoms with Gasteiger partial charge in [0, 0.05) is 51.0 Å². The van der Waals surface area contributed by atoms with Crippen molar-refractivity contribution in [1.82, 2.24) is 10.2 Å². The lowest BCUT2D eigenvalue weighted by Crippen LogP contribution is -2.45. The molecule has 0 saturated carbocycles. The Hall–Kier alpha value is -2.19. The van der Waals surface area contributed by atoms with E-state index in [1.54, 1.807) is 0 Å². The summed E-state index contributed by atoms with van der Waals surface area (Å²) in [6.45, 7) is 5.43. The highest BCUT2D eigenvalue weighted by molar-refractivity contribution is 5.93. The molecule has 0 spiro atoms. The normalized spacial score (nSPS) is 15.6. The van der Waals surface area contributed by atoms with Gasteiger partial charge in [-0.05, 0) is 12.1 Å². The second kappa shape index (κ2) is 7.00. The molecule has 0 unspecified atom stereocenters. The van der Waals surface area contributed by atoms with Crippen molar-refractivity contribution in [2.45, 2.75) is 0 Å². The zero-order valence-electron chi connectivity index (χ0n) is 11.5. The molecular formula is C13H18N4O4. The van der Waals surface area contributed by atoms with Gasteiger partial charge in [-0.3, -0.25) is 15.0 Å². The maximum absolute atomic E-state index is 11.1. The Bertz CT molecular complexity index is 529. The van der Waals surface area contributed by atoms with Crippen molar-refractivity contribution < 1.29 is 14.8 Å². The number of carboxylic acid groups (broad SMARTS) is 1. The van der Waals surface area contributed by atoms with Crippen molar-refractivity contribution in [1.29, 1.82) is 0 Å². The molecule has 0 radical (unpaired) electrons. The van der Waals surface area contributed by atoms with Gasteiger partial charge in [-0.1, -0.05) is 0 Å². The molecule has 0 atom stereocenters. The summed E-state index contributed by atoms with van der Waals surface area (Å²) in [5.74, 6) is -1.30. The molecule has 2 rings (SSSR count). The molecule has 1 aromatic carbocycles. The highest BCUT2D eigenvalue weighted by Gasteiger charge is 2.19. The van der Waals surface area contributed by atoms with Crippen LogP contribution in [0.5, 0.6) is 0 Å². The van der Waals surface area contributed by atoms with Gasteiger partial charge in [0.1, 0.15) is 5.56 Å². The first-order valence-electron chi connectivity index (χ1n) is 6.76. The fourth-order valence-electron chi connectivity index (χ4n) is 2.27. The minimum absolute atomic E-state index is 0.299. The number of aromatic carboxylic acids is 1. The summed E-state index contributed by atoms with van der Waals surface area (Å²) in [5.41, 5.74) is -0.115. The summed E-state index contributed by atoms with van der Waals surface area (Å²) in [4.78, 5) is 23.4. The molecule has 0 aromatic heterocycles. The van der Waals surface area contributed by atoms with Gasteiger partial charge in [0.2, 0.25) is 0 Å². The monoisotopic (exact) mass is 294 g/mol. The van der Waals surface area contributed by atoms with Crippen LogP contribution in [0.25, 0.3) is 0 Å². The second-order valence-electron chi connectivity index (χ2n) is 4.81. The maximum atomic E-state index is 11.1. The third kappa shape index (κ3) is 4.14. The molecule has 3 N–H and O–H groups in total. The van der Waals surface area contributed by atoms with Gasteiger partial charge in [0.25, 0.3) is 5.69 Å². The van der Waals surface area contributed by atoms with Crippen LogP contribution in [0.15, 0.2) is 18.2 Å². The van der Waals surface area contributed by atoms with Gasteiger partial charge in [-0.25, -0.2) is 4.79 Å². The zero-order chi connectivity index (χ0) is 15.2. The van der Waals surface area contributed by atoms with E-state index in [0.717, 1.165) is 32.7 Å². The van der Waals surface area contributed by atoms with E-state index in [-0.39, 0.29) is 5.56 Å². The van der Waals surface area contributed by atoms with E-state index in [1.807, 2.05) is 0 Å². The number of hydrogen-bond donors (Lipinski definition) is 3. The standard InChI is InChI=1S/C13H18N4O4/c18-13(19)11-9-10(1-2-12(11)17(20)21)15-5-8-16-6-3-14-4-7-16/h1-2,9,14-15H,3-8H2,(H,18,19). The molecule has 21 heavy (non-hydrogen) atoms. The van der Waals surface area contributed by atoms with E-state index in [2.05, 4.69) is 15.5 Å². The van der Waals surface area contributed by atoms with E-state index in [4.69, 9.17) is 5.11 Å². The van der Waals surface area contributed by atoms with Crippen LogP contribution in [0, 0.1) is 10.1 Å². The number of nitrogens with zero attached hydrogens (tertiary/aromatic N) is 2. The molecule has 114 valence electrons. The Morgan fingerprint density at radius 3 is 2.76 bits per heavy atom. The summed E-state index contributed by atoms with van der Waals surface area (Å²) >= 11 is 0. The first-order valence-corrected chi connectivity index (χ1v) is 6.76. The third-order valence-corrected chi connectivity index (χ3v) is 3.39. The smallest absolute Gasteiger partial charge is 0.342 e. The SMILES string of the molecule is O=C(O)c1cc(NCCN2CCNCC2)ccc1[N+](=O)[O-]. The quantitative estimate of drug-likeness (QED) is 0.521. The van der Waals surface area contributed by atoms with Crippen molar-refractivity contribution in [3.8, 4) is 0 Å².